The second-order valence-corrected chi connectivity index (χ2v) is 6.90. The lowest BCUT2D eigenvalue weighted by atomic mass is 9.99. The zero-order valence-electron chi connectivity index (χ0n) is 12.9. The largest absolute Gasteiger partial charge is 0.305 e. The number of thiophene rings is 1. The lowest BCUT2D eigenvalue weighted by Gasteiger charge is -2.15. The predicted molar refractivity (Wildman–Crippen MR) is 89.5 cm³/mol. The summed E-state index contributed by atoms with van der Waals surface area (Å²) in [4.78, 5) is 2.89. The molecule has 1 unspecified atom stereocenters. The molecule has 1 heterocycles. The summed E-state index contributed by atoms with van der Waals surface area (Å²) in [5, 5.41) is 3.61. The van der Waals surface area contributed by atoms with Gasteiger partial charge in [-0.3, -0.25) is 0 Å². The summed E-state index contributed by atoms with van der Waals surface area (Å²) in [5.74, 6) is 0.603. The average Bonchev–Trinajstić information content (AvgIpc) is 2.93. The van der Waals surface area contributed by atoms with E-state index in [0.717, 1.165) is 13.0 Å². The first-order chi connectivity index (χ1) is 9.60. The minimum absolute atomic E-state index is 0.392. The maximum Gasteiger partial charge on any atom is 0.0305 e. The van der Waals surface area contributed by atoms with Crippen molar-refractivity contribution in [2.45, 2.75) is 52.6 Å². The molecule has 0 aliphatic rings. The first kappa shape index (κ1) is 15.3. The molecule has 0 saturated heterocycles. The van der Waals surface area contributed by atoms with Crippen LogP contribution in [0.15, 0.2) is 36.4 Å². The standard InChI is InChI=1S/C18H25NS/c1-5-17-10-11-18(20-17)12-19-14(4)16-8-6-15(7-9-16)13(2)3/h6-11,13-14,19H,5,12H2,1-4H3. The summed E-state index contributed by atoms with van der Waals surface area (Å²) in [6, 6.07) is 13.9. The molecule has 0 aliphatic carbocycles. The molecular weight excluding hydrogens is 262 g/mol. The Morgan fingerprint density at radius 3 is 2.05 bits per heavy atom. The fourth-order valence-corrected chi connectivity index (χ4v) is 3.16. The van der Waals surface area contributed by atoms with E-state index in [0.29, 0.717) is 12.0 Å². The first-order valence-electron chi connectivity index (χ1n) is 7.51. The average molecular weight is 287 g/mol. The molecule has 0 saturated carbocycles. The smallest absolute Gasteiger partial charge is 0.0305 e. The molecular formula is C18H25NS. The molecule has 0 fully saturated rings. The third-order valence-electron chi connectivity index (χ3n) is 3.75. The van der Waals surface area contributed by atoms with E-state index in [4.69, 9.17) is 0 Å². The Balaban J connectivity index is 1.92. The van der Waals surface area contributed by atoms with Gasteiger partial charge in [0.25, 0.3) is 0 Å². The Hall–Kier alpha value is -1.12. The topological polar surface area (TPSA) is 12.0 Å². The molecule has 1 N–H and O–H groups in total. The van der Waals surface area contributed by atoms with Crippen LogP contribution in [0, 0.1) is 0 Å². The van der Waals surface area contributed by atoms with Crippen molar-refractivity contribution in [3.63, 3.8) is 0 Å². The second-order valence-electron chi connectivity index (χ2n) is 5.65. The fourth-order valence-electron chi connectivity index (χ4n) is 2.25. The number of rotatable bonds is 6. The zero-order valence-corrected chi connectivity index (χ0v) is 13.8. The van der Waals surface area contributed by atoms with Crippen molar-refractivity contribution in [2.24, 2.45) is 0 Å². The third-order valence-corrected chi connectivity index (χ3v) is 4.98. The highest BCUT2D eigenvalue weighted by molar-refractivity contribution is 7.11. The van der Waals surface area contributed by atoms with Gasteiger partial charge in [-0.15, -0.1) is 11.3 Å². The maximum atomic E-state index is 3.61. The van der Waals surface area contributed by atoms with Gasteiger partial charge in [0.05, 0.1) is 0 Å². The molecule has 1 atom stereocenters. The Labute approximate surface area is 127 Å². The number of hydrogen-bond donors (Lipinski definition) is 1. The van der Waals surface area contributed by atoms with Gasteiger partial charge in [-0.05, 0) is 42.5 Å². The molecule has 1 aromatic heterocycles. The minimum atomic E-state index is 0.392. The molecule has 0 radical (unpaired) electrons. The summed E-state index contributed by atoms with van der Waals surface area (Å²) in [7, 11) is 0. The lowest BCUT2D eigenvalue weighted by Crippen LogP contribution is -2.17. The number of benzene rings is 1. The van der Waals surface area contributed by atoms with Crippen LogP contribution in [0.25, 0.3) is 0 Å². The van der Waals surface area contributed by atoms with E-state index in [1.807, 2.05) is 11.3 Å². The Morgan fingerprint density at radius 2 is 1.50 bits per heavy atom. The summed E-state index contributed by atoms with van der Waals surface area (Å²) >= 11 is 1.91. The zero-order chi connectivity index (χ0) is 14.5. The Morgan fingerprint density at radius 1 is 0.900 bits per heavy atom. The van der Waals surface area contributed by atoms with Crippen molar-refractivity contribution in [3.8, 4) is 0 Å². The van der Waals surface area contributed by atoms with E-state index in [2.05, 4.69) is 69.4 Å². The molecule has 0 spiro atoms. The van der Waals surface area contributed by atoms with Gasteiger partial charge >= 0.3 is 0 Å². The van der Waals surface area contributed by atoms with E-state index in [1.165, 1.54) is 20.9 Å². The van der Waals surface area contributed by atoms with Gasteiger partial charge in [0, 0.05) is 22.3 Å². The molecule has 2 rings (SSSR count). The molecule has 2 aromatic rings. The van der Waals surface area contributed by atoms with E-state index < -0.39 is 0 Å². The highest BCUT2D eigenvalue weighted by Crippen LogP contribution is 2.20. The van der Waals surface area contributed by atoms with Crippen LogP contribution < -0.4 is 5.32 Å². The van der Waals surface area contributed by atoms with Crippen LogP contribution in [0.2, 0.25) is 0 Å². The van der Waals surface area contributed by atoms with Crippen LogP contribution in [0.5, 0.6) is 0 Å². The Kier molecular flexibility index (Phi) is 5.38. The SMILES string of the molecule is CCc1ccc(CNC(C)c2ccc(C(C)C)cc2)s1. The second kappa shape index (κ2) is 7.05. The minimum Gasteiger partial charge on any atom is -0.305 e. The van der Waals surface area contributed by atoms with Crippen molar-refractivity contribution < 1.29 is 0 Å². The van der Waals surface area contributed by atoms with Crippen LogP contribution in [0.4, 0.5) is 0 Å². The van der Waals surface area contributed by atoms with Crippen molar-refractivity contribution >= 4 is 11.3 Å². The number of aryl methyl sites for hydroxylation is 1. The van der Waals surface area contributed by atoms with Gasteiger partial charge < -0.3 is 5.32 Å². The van der Waals surface area contributed by atoms with E-state index in [9.17, 15) is 0 Å². The predicted octanol–water partition coefficient (Wildman–Crippen LogP) is 5.28. The van der Waals surface area contributed by atoms with Crippen molar-refractivity contribution in [3.05, 3.63) is 57.3 Å². The van der Waals surface area contributed by atoms with Gasteiger partial charge in [0.15, 0.2) is 0 Å². The molecule has 0 bridgehead atoms. The molecule has 2 heteroatoms. The van der Waals surface area contributed by atoms with Gasteiger partial charge in [-0.2, -0.15) is 0 Å². The summed E-state index contributed by atoms with van der Waals surface area (Å²) in [6.07, 6.45) is 1.14. The van der Waals surface area contributed by atoms with Gasteiger partial charge in [0.2, 0.25) is 0 Å². The maximum absolute atomic E-state index is 3.61. The van der Waals surface area contributed by atoms with Crippen molar-refractivity contribution in [1.82, 2.24) is 5.32 Å². The van der Waals surface area contributed by atoms with Gasteiger partial charge in [-0.25, -0.2) is 0 Å². The third kappa shape index (κ3) is 3.94. The molecule has 108 valence electrons. The van der Waals surface area contributed by atoms with E-state index in [-0.39, 0.29) is 0 Å². The first-order valence-corrected chi connectivity index (χ1v) is 8.32. The molecule has 0 amide bonds. The van der Waals surface area contributed by atoms with E-state index >= 15 is 0 Å². The molecule has 1 aromatic carbocycles. The Bertz CT molecular complexity index is 525. The summed E-state index contributed by atoms with van der Waals surface area (Å²) in [5.41, 5.74) is 2.77. The van der Waals surface area contributed by atoms with Crippen molar-refractivity contribution in [2.75, 3.05) is 0 Å². The molecule has 1 nitrogen and oxygen atoms in total. The number of nitrogens with one attached hydrogen (secondary N) is 1. The van der Waals surface area contributed by atoms with E-state index in [1.54, 1.807) is 0 Å². The summed E-state index contributed by atoms with van der Waals surface area (Å²) < 4.78 is 0. The van der Waals surface area contributed by atoms with Crippen LogP contribution in [-0.2, 0) is 13.0 Å². The highest BCUT2D eigenvalue weighted by atomic mass is 32.1. The lowest BCUT2D eigenvalue weighted by molar-refractivity contribution is 0.578. The monoisotopic (exact) mass is 287 g/mol. The van der Waals surface area contributed by atoms with Gasteiger partial charge in [-0.1, -0.05) is 45.0 Å². The number of hydrogen-bond acceptors (Lipinski definition) is 2. The summed E-state index contributed by atoms with van der Waals surface area (Å²) in [6.45, 7) is 9.87. The fraction of sp³-hybridized carbons (Fsp3) is 0.444. The van der Waals surface area contributed by atoms with Gasteiger partial charge in [0.1, 0.15) is 0 Å². The highest BCUT2D eigenvalue weighted by Gasteiger charge is 2.07. The van der Waals surface area contributed by atoms with Crippen LogP contribution in [0.1, 0.15) is 60.5 Å². The van der Waals surface area contributed by atoms with Crippen LogP contribution >= 0.6 is 11.3 Å². The normalized spacial score (nSPS) is 12.8. The van der Waals surface area contributed by atoms with Crippen LogP contribution in [0.3, 0.4) is 0 Å². The van der Waals surface area contributed by atoms with Crippen LogP contribution in [-0.4, -0.2) is 0 Å². The quantitative estimate of drug-likeness (QED) is 0.761. The van der Waals surface area contributed by atoms with Crippen molar-refractivity contribution in [1.29, 1.82) is 0 Å². The molecule has 0 aliphatic heterocycles. The molecule has 20 heavy (non-hydrogen) atoms.